The topological polar surface area (TPSA) is 66.8 Å². The summed E-state index contributed by atoms with van der Waals surface area (Å²) in [6, 6.07) is 0. The van der Waals surface area contributed by atoms with Gasteiger partial charge < -0.3 is 14.9 Å². The normalized spacial score (nSPS) is 40.1. The van der Waals surface area contributed by atoms with Crippen LogP contribution in [-0.4, -0.2) is 34.5 Å². The highest BCUT2D eigenvalue weighted by Crippen LogP contribution is 2.34. The zero-order chi connectivity index (χ0) is 14.2. The van der Waals surface area contributed by atoms with Crippen molar-refractivity contribution >= 4 is 5.97 Å². The molecule has 0 bridgehead atoms. The second-order valence-electron chi connectivity index (χ2n) is 5.72. The first-order valence-corrected chi connectivity index (χ1v) is 6.81. The Morgan fingerprint density at radius 3 is 2.53 bits per heavy atom. The summed E-state index contributed by atoms with van der Waals surface area (Å²) in [5, 5.41) is 20.0. The summed E-state index contributed by atoms with van der Waals surface area (Å²) in [5.41, 5.74) is 1.60. The maximum absolute atomic E-state index is 11.7. The fourth-order valence-electron chi connectivity index (χ4n) is 2.70. The second-order valence-corrected chi connectivity index (χ2v) is 5.72. The molecular formula is C15H22O4. The van der Waals surface area contributed by atoms with Crippen molar-refractivity contribution in [3.05, 3.63) is 23.3 Å². The lowest BCUT2D eigenvalue weighted by Gasteiger charge is -2.22. The molecule has 0 radical (unpaired) electrons. The number of hydrogen-bond acceptors (Lipinski definition) is 4. The van der Waals surface area contributed by atoms with Gasteiger partial charge in [0.15, 0.2) is 0 Å². The number of allylic oxidation sites excluding steroid dienone is 1. The second kappa shape index (κ2) is 5.47. The van der Waals surface area contributed by atoms with Crippen LogP contribution in [-0.2, 0) is 9.53 Å². The first-order chi connectivity index (χ1) is 8.90. The number of ether oxygens (including phenoxy) is 1. The molecule has 0 spiro atoms. The van der Waals surface area contributed by atoms with Crippen molar-refractivity contribution in [2.45, 2.75) is 51.9 Å². The van der Waals surface area contributed by atoms with Crippen LogP contribution in [0, 0.1) is 11.8 Å². The molecule has 1 aliphatic heterocycles. The third kappa shape index (κ3) is 2.90. The van der Waals surface area contributed by atoms with Crippen LogP contribution in [0.15, 0.2) is 23.3 Å². The van der Waals surface area contributed by atoms with E-state index in [0.717, 1.165) is 11.1 Å². The molecule has 2 rings (SSSR count). The van der Waals surface area contributed by atoms with Gasteiger partial charge in [-0.05, 0) is 37.5 Å². The number of fused-ring (bicyclic) bond motifs is 1. The third-order valence-corrected chi connectivity index (χ3v) is 4.33. The highest BCUT2D eigenvalue weighted by Gasteiger charge is 2.40. The first kappa shape index (κ1) is 14.3. The van der Waals surface area contributed by atoms with Gasteiger partial charge in [-0.2, -0.15) is 0 Å². The maximum Gasteiger partial charge on any atom is 0.309 e. The van der Waals surface area contributed by atoms with Crippen molar-refractivity contribution in [2.24, 2.45) is 11.8 Å². The van der Waals surface area contributed by atoms with E-state index in [-0.39, 0.29) is 30.3 Å². The molecular weight excluding hydrogens is 244 g/mol. The van der Waals surface area contributed by atoms with E-state index >= 15 is 0 Å². The van der Waals surface area contributed by atoms with E-state index in [9.17, 15) is 15.0 Å². The monoisotopic (exact) mass is 266 g/mol. The van der Waals surface area contributed by atoms with Crippen molar-refractivity contribution in [3.63, 3.8) is 0 Å². The Labute approximate surface area is 113 Å². The summed E-state index contributed by atoms with van der Waals surface area (Å²) in [6.07, 6.45) is 3.18. The smallest absolute Gasteiger partial charge is 0.309 e. The van der Waals surface area contributed by atoms with E-state index in [1.54, 1.807) is 0 Å². The number of rotatable bonds is 0. The number of aliphatic hydroxyl groups excluding tert-OH is 2. The van der Waals surface area contributed by atoms with Crippen molar-refractivity contribution in [2.75, 3.05) is 0 Å². The molecule has 2 N–H and O–H groups in total. The van der Waals surface area contributed by atoms with Crippen molar-refractivity contribution in [3.8, 4) is 0 Å². The first-order valence-electron chi connectivity index (χ1n) is 6.81. The number of carbonyl (C=O) groups is 1. The molecule has 1 aliphatic carbocycles. The van der Waals surface area contributed by atoms with E-state index < -0.39 is 12.2 Å². The predicted octanol–water partition coefficient (Wildman–Crippen LogP) is 1.57. The summed E-state index contributed by atoms with van der Waals surface area (Å²) >= 11 is 0. The number of esters is 1. The van der Waals surface area contributed by atoms with Gasteiger partial charge in [0.25, 0.3) is 0 Å². The lowest BCUT2D eigenvalue weighted by atomic mass is 9.85. The average molecular weight is 266 g/mol. The lowest BCUT2D eigenvalue weighted by Crippen LogP contribution is -2.24. The van der Waals surface area contributed by atoms with Crippen LogP contribution >= 0.6 is 0 Å². The molecule has 19 heavy (non-hydrogen) atoms. The van der Waals surface area contributed by atoms with Gasteiger partial charge in [0.1, 0.15) is 6.10 Å². The SMILES string of the molecule is CC1=CCC2C(C=C(C)C(O)CC1O)OC(=O)C2C. The number of hydrogen-bond donors (Lipinski definition) is 2. The van der Waals surface area contributed by atoms with Crippen molar-refractivity contribution in [1.82, 2.24) is 0 Å². The van der Waals surface area contributed by atoms with Gasteiger partial charge in [0.2, 0.25) is 0 Å². The molecule has 0 aromatic heterocycles. The zero-order valence-corrected chi connectivity index (χ0v) is 11.7. The van der Waals surface area contributed by atoms with Crippen molar-refractivity contribution in [1.29, 1.82) is 0 Å². The fourth-order valence-corrected chi connectivity index (χ4v) is 2.70. The van der Waals surface area contributed by atoms with Crippen LogP contribution in [0.25, 0.3) is 0 Å². The number of aliphatic hydroxyl groups is 2. The molecule has 2 aliphatic rings. The minimum atomic E-state index is -0.702. The summed E-state index contributed by atoms with van der Waals surface area (Å²) in [5.74, 6) is -0.249. The largest absolute Gasteiger partial charge is 0.458 e. The van der Waals surface area contributed by atoms with Crippen molar-refractivity contribution < 1.29 is 19.7 Å². The van der Waals surface area contributed by atoms with Gasteiger partial charge in [-0.15, -0.1) is 0 Å². The molecule has 0 amide bonds. The lowest BCUT2D eigenvalue weighted by molar-refractivity contribution is -0.142. The Morgan fingerprint density at radius 1 is 1.21 bits per heavy atom. The van der Waals surface area contributed by atoms with E-state index in [0.29, 0.717) is 6.42 Å². The molecule has 106 valence electrons. The Bertz CT molecular complexity index is 424. The highest BCUT2D eigenvalue weighted by molar-refractivity contribution is 5.75. The number of carbonyl (C=O) groups excluding carboxylic acids is 1. The summed E-state index contributed by atoms with van der Waals surface area (Å²) in [7, 11) is 0. The minimum Gasteiger partial charge on any atom is -0.458 e. The van der Waals surface area contributed by atoms with Crippen LogP contribution < -0.4 is 0 Å². The van der Waals surface area contributed by atoms with Gasteiger partial charge in [-0.3, -0.25) is 4.79 Å². The van der Waals surface area contributed by atoms with E-state index in [1.807, 2.05) is 32.9 Å². The summed E-state index contributed by atoms with van der Waals surface area (Å²) in [6.45, 7) is 5.54. The zero-order valence-electron chi connectivity index (χ0n) is 11.7. The van der Waals surface area contributed by atoms with E-state index in [1.165, 1.54) is 0 Å². The van der Waals surface area contributed by atoms with Gasteiger partial charge in [0, 0.05) is 12.3 Å². The van der Waals surface area contributed by atoms with E-state index in [2.05, 4.69) is 0 Å². The van der Waals surface area contributed by atoms with Gasteiger partial charge in [0.05, 0.1) is 18.1 Å². The fraction of sp³-hybridized carbons (Fsp3) is 0.667. The Morgan fingerprint density at radius 2 is 1.84 bits per heavy atom. The summed E-state index contributed by atoms with van der Waals surface area (Å²) < 4.78 is 5.37. The molecule has 0 aromatic carbocycles. The Balaban J connectivity index is 2.32. The van der Waals surface area contributed by atoms with Crippen LogP contribution in [0.4, 0.5) is 0 Å². The average Bonchev–Trinajstić information content (AvgIpc) is 2.61. The third-order valence-electron chi connectivity index (χ3n) is 4.33. The molecule has 5 unspecified atom stereocenters. The molecule has 1 fully saturated rings. The van der Waals surface area contributed by atoms with E-state index in [4.69, 9.17) is 4.74 Å². The van der Waals surface area contributed by atoms with Crippen LogP contribution in [0.3, 0.4) is 0 Å². The summed E-state index contributed by atoms with van der Waals surface area (Å²) in [4.78, 5) is 11.7. The minimum absolute atomic E-state index is 0.0786. The highest BCUT2D eigenvalue weighted by atomic mass is 16.6. The molecule has 4 nitrogen and oxygen atoms in total. The molecule has 0 aromatic rings. The molecule has 4 heteroatoms. The molecule has 1 heterocycles. The van der Waals surface area contributed by atoms with Gasteiger partial charge in [-0.1, -0.05) is 13.0 Å². The quantitative estimate of drug-likeness (QED) is 0.516. The molecule has 0 saturated carbocycles. The molecule has 5 atom stereocenters. The van der Waals surface area contributed by atoms with Crippen LogP contribution in [0.2, 0.25) is 0 Å². The standard InChI is InChI=1S/C15H22O4/c1-8-4-5-11-10(3)15(18)19-14(11)6-9(2)13(17)7-12(8)16/h4,6,10-14,16-17H,5,7H2,1-3H3. The maximum atomic E-state index is 11.7. The molecule has 1 saturated heterocycles. The Kier molecular flexibility index (Phi) is 4.11. The van der Waals surface area contributed by atoms with Gasteiger partial charge >= 0.3 is 5.97 Å². The Hall–Kier alpha value is -1.13. The predicted molar refractivity (Wildman–Crippen MR) is 71.3 cm³/mol. The van der Waals surface area contributed by atoms with Crippen LogP contribution in [0.5, 0.6) is 0 Å². The van der Waals surface area contributed by atoms with Crippen LogP contribution in [0.1, 0.15) is 33.6 Å². The van der Waals surface area contributed by atoms with Gasteiger partial charge in [-0.25, -0.2) is 0 Å².